The number of carbonyl (C=O) groups excluding carboxylic acids is 2. The highest BCUT2D eigenvalue weighted by atomic mass is 32.2. The van der Waals surface area contributed by atoms with Crippen molar-refractivity contribution >= 4 is 45.0 Å². The zero-order valence-corrected chi connectivity index (χ0v) is 23.0. The van der Waals surface area contributed by atoms with E-state index in [1.165, 1.54) is 23.9 Å². The molecule has 1 aliphatic heterocycles. The fourth-order valence-corrected chi connectivity index (χ4v) is 6.45. The van der Waals surface area contributed by atoms with Crippen molar-refractivity contribution in [3.05, 3.63) is 113 Å². The van der Waals surface area contributed by atoms with Gasteiger partial charge < -0.3 is 14.6 Å². The van der Waals surface area contributed by atoms with E-state index in [0.717, 1.165) is 16.7 Å². The van der Waals surface area contributed by atoms with Gasteiger partial charge in [-0.15, -0.1) is 11.8 Å². The van der Waals surface area contributed by atoms with E-state index in [1.54, 1.807) is 53.6 Å². The molecule has 0 bridgehead atoms. The lowest BCUT2D eigenvalue weighted by molar-refractivity contribution is -0.128. The van der Waals surface area contributed by atoms with Gasteiger partial charge in [0.05, 0.1) is 23.5 Å². The van der Waals surface area contributed by atoms with E-state index in [-0.39, 0.29) is 22.1 Å². The number of amides is 2. The van der Waals surface area contributed by atoms with Crippen LogP contribution < -0.4 is 10.0 Å². The van der Waals surface area contributed by atoms with Crippen molar-refractivity contribution in [2.75, 3.05) is 15.8 Å². The maximum Gasteiger partial charge on any atom is 0.261 e. The summed E-state index contributed by atoms with van der Waals surface area (Å²) in [5.41, 5.74) is 4.38. The largest absolute Gasteiger partial charge is 0.467 e. The van der Waals surface area contributed by atoms with Crippen molar-refractivity contribution in [2.45, 2.75) is 30.7 Å². The van der Waals surface area contributed by atoms with Crippen molar-refractivity contribution in [3.8, 4) is 0 Å². The second kappa shape index (κ2) is 11.0. The minimum absolute atomic E-state index is 0.0397. The summed E-state index contributed by atoms with van der Waals surface area (Å²) in [6.07, 6.45) is 1.58. The summed E-state index contributed by atoms with van der Waals surface area (Å²) in [4.78, 5) is 27.1. The SMILES string of the molecule is Cc1ccc(NS(=O)(=O)c2ccc(NC(=O)c3ccc([C@H]4SCC(=O)N4Cc4ccco4)cc3)cc2)cc1C. The molecule has 1 aliphatic rings. The molecule has 200 valence electrons. The highest BCUT2D eigenvalue weighted by Gasteiger charge is 2.33. The first-order chi connectivity index (χ1) is 18.7. The van der Waals surface area contributed by atoms with Gasteiger partial charge in [-0.2, -0.15) is 0 Å². The number of rotatable bonds is 8. The molecule has 39 heavy (non-hydrogen) atoms. The van der Waals surface area contributed by atoms with Crippen LogP contribution in [-0.4, -0.2) is 30.9 Å². The van der Waals surface area contributed by atoms with Crippen LogP contribution in [0, 0.1) is 13.8 Å². The summed E-state index contributed by atoms with van der Waals surface area (Å²) in [6, 6.07) is 22.1. The molecule has 8 nitrogen and oxygen atoms in total. The predicted octanol–water partition coefficient (Wildman–Crippen LogP) is 5.72. The average Bonchev–Trinajstić information content (AvgIpc) is 3.57. The standard InChI is InChI=1S/C29H27N3O5S2/c1-19-5-10-24(16-20(19)2)31-39(35,36)26-13-11-23(12-14-26)30-28(34)21-6-8-22(9-7-21)29-32(27(33)18-38-29)17-25-4-3-15-37-25/h3-16,29,31H,17-18H2,1-2H3,(H,30,34)/t29-/m1/s1. The minimum Gasteiger partial charge on any atom is -0.467 e. The maximum absolute atomic E-state index is 12.8. The van der Waals surface area contributed by atoms with Crippen molar-refractivity contribution in [1.82, 2.24) is 4.90 Å². The Labute approximate surface area is 231 Å². The van der Waals surface area contributed by atoms with Gasteiger partial charge >= 0.3 is 0 Å². The number of nitrogens with zero attached hydrogens (tertiary/aromatic N) is 1. The molecule has 2 heterocycles. The lowest BCUT2D eigenvalue weighted by Gasteiger charge is -2.23. The number of benzene rings is 3. The monoisotopic (exact) mass is 561 g/mol. The lowest BCUT2D eigenvalue weighted by Crippen LogP contribution is -2.27. The predicted molar refractivity (Wildman–Crippen MR) is 152 cm³/mol. The molecule has 1 saturated heterocycles. The molecule has 4 aromatic rings. The molecule has 0 radical (unpaired) electrons. The van der Waals surface area contributed by atoms with E-state index < -0.39 is 10.0 Å². The first kappa shape index (κ1) is 26.6. The normalized spacial score (nSPS) is 15.4. The number of anilines is 2. The van der Waals surface area contributed by atoms with Crippen LogP contribution in [0.25, 0.3) is 0 Å². The molecule has 1 atom stereocenters. The van der Waals surface area contributed by atoms with Gasteiger partial charge in [-0.05, 0) is 91.2 Å². The summed E-state index contributed by atoms with van der Waals surface area (Å²) in [7, 11) is -3.78. The van der Waals surface area contributed by atoms with Gasteiger partial charge in [0.25, 0.3) is 15.9 Å². The highest BCUT2D eigenvalue weighted by Crippen LogP contribution is 2.39. The second-order valence-corrected chi connectivity index (χ2v) is 12.0. The van der Waals surface area contributed by atoms with Crippen LogP contribution in [0.3, 0.4) is 0 Å². The third kappa shape index (κ3) is 6.02. The number of hydrogen-bond acceptors (Lipinski definition) is 6. The molecule has 0 saturated carbocycles. The first-order valence-electron chi connectivity index (χ1n) is 12.2. The average molecular weight is 562 g/mol. The molecule has 5 rings (SSSR count). The highest BCUT2D eigenvalue weighted by molar-refractivity contribution is 8.00. The maximum atomic E-state index is 12.8. The Bertz CT molecular complexity index is 1600. The molecule has 2 N–H and O–H groups in total. The Balaban J connectivity index is 1.23. The fourth-order valence-electron chi connectivity index (χ4n) is 4.21. The fraction of sp³-hybridized carbons (Fsp3) is 0.172. The summed E-state index contributed by atoms with van der Waals surface area (Å²) >= 11 is 1.54. The number of carbonyl (C=O) groups is 2. The van der Waals surface area contributed by atoms with Crippen molar-refractivity contribution in [2.24, 2.45) is 0 Å². The smallest absolute Gasteiger partial charge is 0.261 e. The molecule has 1 fully saturated rings. The van der Waals surface area contributed by atoms with Gasteiger partial charge in [0, 0.05) is 16.9 Å². The van der Waals surface area contributed by atoms with E-state index in [2.05, 4.69) is 10.0 Å². The molecular formula is C29H27N3O5S2. The first-order valence-corrected chi connectivity index (χ1v) is 14.8. The number of thioether (sulfide) groups is 1. The second-order valence-electron chi connectivity index (χ2n) is 9.27. The molecule has 2 amide bonds. The third-order valence-electron chi connectivity index (χ3n) is 6.51. The summed E-state index contributed by atoms with van der Waals surface area (Å²) in [5.74, 6) is 0.817. The summed E-state index contributed by atoms with van der Waals surface area (Å²) < 4.78 is 33.6. The van der Waals surface area contributed by atoms with E-state index in [4.69, 9.17) is 4.42 Å². The quantitative estimate of drug-likeness (QED) is 0.285. The topological polar surface area (TPSA) is 109 Å². The molecule has 10 heteroatoms. The van der Waals surface area contributed by atoms with Gasteiger partial charge in [-0.3, -0.25) is 14.3 Å². The van der Waals surface area contributed by atoms with Crippen molar-refractivity contribution < 1.29 is 22.4 Å². The summed E-state index contributed by atoms with van der Waals surface area (Å²) in [6.45, 7) is 4.27. The Morgan fingerprint density at radius 3 is 2.36 bits per heavy atom. The molecule has 0 spiro atoms. The van der Waals surface area contributed by atoms with Crippen LogP contribution >= 0.6 is 11.8 Å². The van der Waals surface area contributed by atoms with Gasteiger partial charge in [-0.1, -0.05) is 18.2 Å². The van der Waals surface area contributed by atoms with Crippen LogP contribution in [-0.2, 0) is 21.4 Å². The van der Waals surface area contributed by atoms with Crippen LogP contribution in [0.15, 0.2) is 94.4 Å². The Morgan fingerprint density at radius 1 is 0.974 bits per heavy atom. The number of furan rings is 1. The van der Waals surface area contributed by atoms with E-state index in [0.29, 0.717) is 35.0 Å². The number of aryl methyl sites for hydroxylation is 2. The lowest BCUT2D eigenvalue weighted by atomic mass is 10.1. The van der Waals surface area contributed by atoms with E-state index in [1.807, 2.05) is 38.1 Å². The molecule has 1 aromatic heterocycles. The van der Waals surface area contributed by atoms with Crippen LogP contribution in [0.2, 0.25) is 0 Å². The van der Waals surface area contributed by atoms with Crippen molar-refractivity contribution in [3.63, 3.8) is 0 Å². The van der Waals surface area contributed by atoms with Gasteiger partial charge in [0.2, 0.25) is 5.91 Å². The Kier molecular flexibility index (Phi) is 7.49. The number of hydrogen-bond donors (Lipinski definition) is 2. The van der Waals surface area contributed by atoms with Gasteiger partial charge in [0.1, 0.15) is 11.1 Å². The molecule has 3 aromatic carbocycles. The van der Waals surface area contributed by atoms with Gasteiger partial charge in [-0.25, -0.2) is 8.42 Å². The van der Waals surface area contributed by atoms with E-state index in [9.17, 15) is 18.0 Å². The number of nitrogens with one attached hydrogen (secondary N) is 2. The Hall–Kier alpha value is -4.02. The van der Waals surface area contributed by atoms with Crippen LogP contribution in [0.4, 0.5) is 11.4 Å². The number of sulfonamides is 1. The van der Waals surface area contributed by atoms with Crippen LogP contribution in [0.5, 0.6) is 0 Å². The summed E-state index contributed by atoms with van der Waals surface area (Å²) in [5, 5.41) is 2.64. The molecule has 0 unspecified atom stereocenters. The van der Waals surface area contributed by atoms with Gasteiger partial charge in [0.15, 0.2) is 0 Å². The van der Waals surface area contributed by atoms with Crippen LogP contribution in [0.1, 0.15) is 38.2 Å². The third-order valence-corrected chi connectivity index (χ3v) is 9.17. The minimum atomic E-state index is -3.78. The van der Waals surface area contributed by atoms with Crippen molar-refractivity contribution in [1.29, 1.82) is 0 Å². The molecule has 0 aliphatic carbocycles. The molecular weight excluding hydrogens is 534 g/mol. The van der Waals surface area contributed by atoms with E-state index >= 15 is 0 Å². The zero-order valence-electron chi connectivity index (χ0n) is 21.4. The zero-order chi connectivity index (χ0) is 27.6. The Morgan fingerprint density at radius 2 is 1.69 bits per heavy atom.